The quantitative estimate of drug-likeness (QED) is 0.408. The summed E-state index contributed by atoms with van der Waals surface area (Å²) in [4.78, 5) is 46.1. The maximum atomic E-state index is 13.4. The Morgan fingerprint density at radius 2 is 1.44 bits per heavy atom. The van der Waals surface area contributed by atoms with Gasteiger partial charge in [-0.2, -0.15) is 0 Å². The molecular formula is C26H19N3O4S. The number of amidine groups is 1. The molecule has 2 aliphatic rings. The number of para-hydroxylation sites is 2. The van der Waals surface area contributed by atoms with Crippen molar-refractivity contribution in [2.24, 2.45) is 4.99 Å². The molecule has 0 spiro atoms. The van der Waals surface area contributed by atoms with Gasteiger partial charge in [0.1, 0.15) is 11.4 Å². The van der Waals surface area contributed by atoms with Gasteiger partial charge in [0.25, 0.3) is 17.7 Å². The summed E-state index contributed by atoms with van der Waals surface area (Å²) in [7, 11) is 1.57. The molecule has 8 heteroatoms. The summed E-state index contributed by atoms with van der Waals surface area (Å²) in [5.41, 5.74) is 2.36. The number of aliphatic imine (C=N–C) groups is 1. The van der Waals surface area contributed by atoms with Gasteiger partial charge in [0.2, 0.25) is 0 Å². The lowest BCUT2D eigenvalue weighted by molar-refractivity contribution is -0.113. The Labute approximate surface area is 200 Å². The third-order valence-electron chi connectivity index (χ3n) is 5.48. The van der Waals surface area contributed by atoms with Crippen molar-refractivity contribution < 1.29 is 19.1 Å². The molecule has 0 saturated carbocycles. The zero-order valence-corrected chi connectivity index (χ0v) is 19.0. The van der Waals surface area contributed by atoms with Gasteiger partial charge in [-0.3, -0.25) is 24.2 Å². The van der Waals surface area contributed by atoms with Gasteiger partial charge in [0, 0.05) is 5.56 Å². The van der Waals surface area contributed by atoms with Crippen molar-refractivity contribution in [3.63, 3.8) is 0 Å². The van der Waals surface area contributed by atoms with Crippen molar-refractivity contribution in [3.8, 4) is 5.75 Å². The fourth-order valence-electron chi connectivity index (χ4n) is 3.81. The molecule has 0 saturated heterocycles. The van der Waals surface area contributed by atoms with Crippen LogP contribution in [0, 0.1) is 0 Å². The van der Waals surface area contributed by atoms with Gasteiger partial charge in [-0.1, -0.05) is 60.3 Å². The predicted octanol–water partition coefficient (Wildman–Crippen LogP) is 4.43. The zero-order chi connectivity index (χ0) is 23.7. The molecule has 3 aromatic carbocycles. The first-order valence-electron chi connectivity index (χ1n) is 10.5. The van der Waals surface area contributed by atoms with Gasteiger partial charge in [-0.15, -0.1) is 0 Å². The largest absolute Gasteiger partial charge is 0.496 e. The van der Waals surface area contributed by atoms with E-state index in [-0.39, 0.29) is 29.3 Å². The monoisotopic (exact) mass is 469 g/mol. The van der Waals surface area contributed by atoms with Crippen LogP contribution in [0.2, 0.25) is 0 Å². The number of benzene rings is 3. The number of thioether (sulfide) groups is 1. The minimum absolute atomic E-state index is 0.0315. The van der Waals surface area contributed by atoms with Crippen molar-refractivity contribution in [2.75, 3.05) is 17.9 Å². The molecule has 2 heterocycles. The Balaban J connectivity index is 1.46. The number of rotatable bonds is 5. The van der Waals surface area contributed by atoms with Gasteiger partial charge >= 0.3 is 0 Å². The third kappa shape index (κ3) is 3.78. The molecule has 0 bridgehead atoms. The molecule has 2 aliphatic heterocycles. The second-order valence-corrected chi connectivity index (χ2v) is 8.41. The Bertz CT molecular complexity index is 1330. The Kier molecular flexibility index (Phi) is 5.73. The maximum absolute atomic E-state index is 13.4. The summed E-state index contributed by atoms with van der Waals surface area (Å²) in [5.74, 6) is -0.356. The Morgan fingerprint density at radius 1 is 0.824 bits per heavy atom. The van der Waals surface area contributed by atoms with E-state index < -0.39 is 0 Å². The van der Waals surface area contributed by atoms with Crippen molar-refractivity contribution in [2.45, 2.75) is 0 Å². The topological polar surface area (TPSA) is 79.3 Å². The van der Waals surface area contributed by atoms with Crippen molar-refractivity contribution in [1.82, 2.24) is 4.90 Å². The van der Waals surface area contributed by atoms with Crippen LogP contribution in [0.1, 0.15) is 26.3 Å². The van der Waals surface area contributed by atoms with Crippen LogP contribution in [-0.2, 0) is 4.79 Å². The second-order valence-electron chi connectivity index (χ2n) is 7.50. The fourth-order valence-corrected chi connectivity index (χ4v) is 4.77. The first kappa shape index (κ1) is 21.7. The van der Waals surface area contributed by atoms with Crippen LogP contribution in [0.15, 0.2) is 89.6 Å². The number of amides is 3. The van der Waals surface area contributed by atoms with Crippen LogP contribution in [0.25, 0.3) is 6.08 Å². The molecule has 5 rings (SSSR count). The summed E-state index contributed by atoms with van der Waals surface area (Å²) in [6, 6.07) is 23.2. The predicted molar refractivity (Wildman–Crippen MR) is 132 cm³/mol. The lowest BCUT2D eigenvalue weighted by Gasteiger charge is -2.19. The average Bonchev–Trinajstić information content (AvgIpc) is 3.31. The summed E-state index contributed by atoms with van der Waals surface area (Å²) in [6.07, 6.45) is 1.67. The van der Waals surface area contributed by atoms with E-state index in [1.807, 2.05) is 54.6 Å². The molecule has 0 aromatic heterocycles. The second kappa shape index (κ2) is 8.99. The fraction of sp³-hybridized carbons (Fsp3) is 0.0769. The van der Waals surface area contributed by atoms with Crippen molar-refractivity contribution in [1.29, 1.82) is 0 Å². The Hall–Kier alpha value is -4.17. The number of methoxy groups -OCH3 is 1. The molecule has 3 amide bonds. The number of imide groups is 1. The van der Waals surface area contributed by atoms with E-state index in [0.717, 1.165) is 17.3 Å². The highest BCUT2D eigenvalue weighted by molar-refractivity contribution is 8.14. The summed E-state index contributed by atoms with van der Waals surface area (Å²) >= 11 is 1.16. The van der Waals surface area contributed by atoms with Crippen LogP contribution in [0.4, 0.5) is 5.69 Å². The minimum Gasteiger partial charge on any atom is -0.496 e. The molecule has 0 aliphatic carbocycles. The number of ether oxygens (including phenoxy) is 1. The highest BCUT2D eigenvalue weighted by Crippen LogP contribution is 2.32. The highest BCUT2D eigenvalue weighted by Gasteiger charge is 2.37. The lowest BCUT2D eigenvalue weighted by Crippen LogP contribution is -2.34. The molecule has 0 radical (unpaired) electrons. The number of anilines is 1. The molecule has 0 atom stereocenters. The maximum Gasteiger partial charge on any atom is 0.283 e. The van der Waals surface area contributed by atoms with Gasteiger partial charge in [0.05, 0.1) is 29.8 Å². The highest BCUT2D eigenvalue weighted by atomic mass is 32.2. The van der Waals surface area contributed by atoms with E-state index in [1.54, 1.807) is 37.5 Å². The van der Waals surface area contributed by atoms with Crippen LogP contribution < -0.4 is 9.64 Å². The normalized spacial score (nSPS) is 16.3. The summed E-state index contributed by atoms with van der Waals surface area (Å²) in [6.45, 7) is 0. The number of nitrogens with zero attached hydrogens (tertiary/aromatic N) is 3. The van der Waals surface area contributed by atoms with E-state index in [9.17, 15) is 14.4 Å². The number of hydrogen-bond acceptors (Lipinski definition) is 6. The van der Waals surface area contributed by atoms with E-state index in [4.69, 9.17) is 4.74 Å². The number of hydrogen-bond donors (Lipinski definition) is 0. The zero-order valence-electron chi connectivity index (χ0n) is 18.2. The molecule has 168 valence electrons. The Morgan fingerprint density at radius 3 is 2.12 bits per heavy atom. The first-order chi connectivity index (χ1) is 16.6. The van der Waals surface area contributed by atoms with Crippen LogP contribution in [0.3, 0.4) is 0 Å². The standard InChI is InChI=1S/C26H19N3O4S/c1-33-22-14-8-5-9-17(22)15-21-25(32)29(18-10-3-2-4-11-18)26(27-21)34-16-28-23(30)19-12-6-7-13-20(19)24(28)31/h2-15H,16H2,1H3/b21-15-. The van der Waals surface area contributed by atoms with E-state index >= 15 is 0 Å². The SMILES string of the molecule is COc1ccccc1/C=C1\N=C(SCN2C(=O)c3ccccc3C2=O)N(c2ccccc2)C1=O. The van der Waals surface area contributed by atoms with Crippen LogP contribution in [-0.4, -0.2) is 40.8 Å². The van der Waals surface area contributed by atoms with Gasteiger partial charge in [-0.25, -0.2) is 4.99 Å². The molecular weight excluding hydrogens is 450 g/mol. The van der Waals surface area contributed by atoms with Gasteiger partial charge < -0.3 is 4.74 Å². The molecule has 0 unspecified atom stereocenters. The van der Waals surface area contributed by atoms with Crippen LogP contribution >= 0.6 is 11.8 Å². The number of carbonyl (C=O) groups excluding carboxylic acids is 3. The number of carbonyl (C=O) groups is 3. The molecule has 0 N–H and O–H groups in total. The van der Waals surface area contributed by atoms with E-state index in [2.05, 4.69) is 4.99 Å². The van der Waals surface area contributed by atoms with Crippen molar-refractivity contribution >= 4 is 46.4 Å². The third-order valence-corrected chi connectivity index (χ3v) is 6.40. The van der Waals surface area contributed by atoms with Gasteiger partial charge in [0.15, 0.2) is 5.17 Å². The molecule has 34 heavy (non-hydrogen) atoms. The van der Waals surface area contributed by atoms with E-state index in [1.165, 1.54) is 9.80 Å². The lowest BCUT2D eigenvalue weighted by atomic mass is 10.1. The molecule has 7 nitrogen and oxygen atoms in total. The summed E-state index contributed by atoms with van der Waals surface area (Å²) in [5, 5.41) is 0.383. The van der Waals surface area contributed by atoms with Gasteiger partial charge in [-0.05, 0) is 36.4 Å². The molecule has 0 fully saturated rings. The first-order valence-corrected chi connectivity index (χ1v) is 11.5. The van der Waals surface area contributed by atoms with Crippen LogP contribution in [0.5, 0.6) is 5.75 Å². The average molecular weight is 470 g/mol. The number of fused-ring (bicyclic) bond motifs is 1. The van der Waals surface area contributed by atoms with Crippen molar-refractivity contribution in [3.05, 3.63) is 101 Å². The van der Waals surface area contributed by atoms with E-state index in [0.29, 0.717) is 27.7 Å². The minimum atomic E-state index is -0.353. The summed E-state index contributed by atoms with van der Waals surface area (Å²) < 4.78 is 5.39. The smallest absolute Gasteiger partial charge is 0.283 e. The molecule has 3 aromatic rings.